The number of nitrogens with one attached hydrogen (secondary N) is 3. The Balaban J connectivity index is 1.57. The zero-order chi connectivity index (χ0) is 19.5. The molecule has 2 aromatic carbocycles. The smallest absolute Gasteiger partial charge is 0.291 e. The third-order valence-electron chi connectivity index (χ3n) is 4.12. The molecule has 2 heterocycles. The minimum absolute atomic E-state index is 0.185. The molecule has 0 spiro atoms. The first-order chi connectivity index (χ1) is 13.6. The van der Waals surface area contributed by atoms with Gasteiger partial charge in [-0.25, -0.2) is 0 Å². The molecule has 0 atom stereocenters. The van der Waals surface area contributed by atoms with E-state index in [4.69, 9.17) is 4.42 Å². The number of para-hydroxylation sites is 1. The number of aromatic amines is 1. The molecule has 7 nitrogen and oxygen atoms in total. The lowest BCUT2D eigenvalue weighted by molar-refractivity contribution is 0.0995. The van der Waals surface area contributed by atoms with Gasteiger partial charge in [0.25, 0.3) is 11.8 Å². The van der Waals surface area contributed by atoms with Crippen molar-refractivity contribution in [1.29, 1.82) is 0 Å². The predicted molar refractivity (Wildman–Crippen MR) is 106 cm³/mol. The number of fused-ring (bicyclic) bond motifs is 1. The van der Waals surface area contributed by atoms with Crippen molar-refractivity contribution in [2.45, 2.75) is 0 Å². The number of carbonyl (C=O) groups excluding carboxylic acids is 2. The van der Waals surface area contributed by atoms with Gasteiger partial charge in [0.15, 0.2) is 5.76 Å². The fourth-order valence-corrected chi connectivity index (χ4v) is 2.87. The van der Waals surface area contributed by atoms with Gasteiger partial charge >= 0.3 is 0 Å². The van der Waals surface area contributed by atoms with Gasteiger partial charge in [0.1, 0.15) is 0 Å². The molecule has 4 rings (SSSR count). The van der Waals surface area contributed by atoms with Crippen LogP contribution in [-0.2, 0) is 0 Å². The Labute approximate surface area is 159 Å². The second-order valence-corrected chi connectivity index (χ2v) is 6.06. The van der Waals surface area contributed by atoms with Gasteiger partial charge < -0.3 is 20.0 Å². The number of aromatic nitrogens is 1. The number of amides is 2. The summed E-state index contributed by atoms with van der Waals surface area (Å²) in [6, 6.07) is 18.2. The number of furan rings is 1. The summed E-state index contributed by atoms with van der Waals surface area (Å²) in [5.74, 6) is -0.629. The Kier molecular flexibility index (Phi) is 4.47. The van der Waals surface area contributed by atoms with E-state index in [1.54, 1.807) is 60.7 Å². The van der Waals surface area contributed by atoms with Crippen molar-refractivity contribution in [3.05, 3.63) is 94.7 Å². The fourth-order valence-electron chi connectivity index (χ4n) is 2.87. The summed E-state index contributed by atoms with van der Waals surface area (Å²) in [6.45, 7) is 0. The summed E-state index contributed by atoms with van der Waals surface area (Å²) >= 11 is 0. The van der Waals surface area contributed by atoms with E-state index in [0.29, 0.717) is 22.3 Å². The van der Waals surface area contributed by atoms with Gasteiger partial charge in [-0.2, -0.15) is 0 Å². The number of anilines is 2. The SMILES string of the molecule is O=C(Nc1cccc(NC(=O)c2cc(=O)[nH]c3ccccc23)c1)c1ccco1. The van der Waals surface area contributed by atoms with Crippen LogP contribution in [-0.4, -0.2) is 16.8 Å². The summed E-state index contributed by atoms with van der Waals surface area (Å²) in [5, 5.41) is 6.10. The summed E-state index contributed by atoms with van der Waals surface area (Å²) in [6.07, 6.45) is 1.41. The molecule has 7 heteroatoms. The summed E-state index contributed by atoms with van der Waals surface area (Å²) in [5.41, 5.74) is 1.47. The standard InChI is InChI=1S/C21H15N3O4/c25-19-12-16(15-7-1-2-8-17(15)24-19)20(26)22-13-5-3-6-14(11-13)23-21(27)18-9-4-10-28-18/h1-12H,(H,22,26)(H,23,27)(H,24,25). The topological polar surface area (TPSA) is 104 Å². The zero-order valence-corrected chi connectivity index (χ0v) is 14.6. The first-order valence-electron chi connectivity index (χ1n) is 8.48. The van der Waals surface area contributed by atoms with Crippen LogP contribution in [0.3, 0.4) is 0 Å². The molecule has 4 aromatic rings. The highest BCUT2D eigenvalue weighted by molar-refractivity contribution is 6.12. The molecule has 0 fully saturated rings. The summed E-state index contributed by atoms with van der Waals surface area (Å²) < 4.78 is 5.06. The zero-order valence-electron chi connectivity index (χ0n) is 14.6. The van der Waals surface area contributed by atoms with E-state index in [-0.39, 0.29) is 16.9 Å². The molecule has 0 saturated carbocycles. The third-order valence-corrected chi connectivity index (χ3v) is 4.12. The lowest BCUT2D eigenvalue weighted by Gasteiger charge is -2.10. The van der Waals surface area contributed by atoms with Crippen LogP contribution in [0.15, 0.2) is 82.2 Å². The van der Waals surface area contributed by atoms with Crippen molar-refractivity contribution in [2.75, 3.05) is 10.6 Å². The van der Waals surface area contributed by atoms with Crippen LogP contribution in [0.2, 0.25) is 0 Å². The highest BCUT2D eigenvalue weighted by Crippen LogP contribution is 2.19. The summed E-state index contributed by atoms with van der Waals surface area (Å²) in [7, 11) is 0. The number of H-pyrrole nitrogens is 1. The Bertz CT molecular complexity index is 1230. The number of carbonyl (C=O) groups is 2. The van der Waals surface area contributed by atoms with Crippen LogP contribution < -0.4 is 16.2 Å². The van der Waals surface area contributed by atoms with Crippen LogP contribution in [0.4, 0.5) is 11.4 Å². The Morgan fingerprint density at radius 2 is 1.57 bits per heavy atom. The highest BCUT2D eigenvalue weighted by atomic mass is 16.3. The van der Waals surface area contributed by atoms with Gasteiger partial charge in [-0.15, -0.1) is 0 Å². The second kappa shape index (κ2) is 7.24. The van der Waals surface area contributed by atoms with Crippen LogP contribution in [0, 0.1) is 0 Å². The molecular weight excluding hydrogens is 358 g/mol. The summed E-state index contributed by atoms with van der Waals surface area (Å²) in [4.78, 5) is 39.4. The lowest BCUT2D eigenvalue weighted by atomic mass is 10.1. The number of rotatable bonds is 4. The van der Waals surface area contributed by atoms with Crippen molar-refractivity contribution in [1.82, 2.24) is 4.98 Å². The number of pyridine rings is 1. The monoisotopic (exact) mass is 373 g/mol. The average Bonchev–Trinajstić information content (AvgIpc) is 3.22. The maximum Gasteiger partial charge on any atom is 0.291 e. The molecule has 0 aliphatic carbocycles. The number of hydrogen-bond donors (Lipinski definition) is 3. The average molecular weight is 373 g/mol. The third kappa shape index (κ3) is 3.54. The van der Waals surface area contributed by atoms with E-state index < -0.39 is 11.8 Å². The van der Waals surface area contributed by atoms with Gasteiger partial charge in [0.05, 0.1) is 11.8 Å². The maximum absolute atomic E-state index is 12.7. The molecule has 0 aliphatic heterocycles. The minimum Gasteiger partial charge on any atom is -0.459 e. The first kappa shape index (κ1) is 17.3. The van der Waals surface area contributed by atoms with Gasteiger partial charge in [-0.1, -0.05) is 24.3 Å². The van der Waals surface area contributed by atoms with Crippen molar-refractivity contribution in [2.24, 2.45) is 0 Å². The molecule has 0 unspecified atom stereocenters. The molecular formula is C21H15N3O4. The Morgan fingerprint density at radius 3 is 2.32 bits per heavy atom. The number of hydrogen-bond acceptors (Lipinski definition) is 4. The fraction of sp³-hybridized carbons (Fsp3) is 0. The molecule has 138 valence electrons. The normalized spacial score (nSPS) is 10.6. The molecule has 3 N–H and O–H groups in total. The Morgan fingerprint density at radius 1 is 0.821 bits per heavy atom. The van der Waals surface area contributed by atoms with Gasteiger partial charge in [-0.3, -0.25) is 14.4 Å². The Hall–Kier alpha value is -4.13. The molecule has 2 aromatic heterocycles. The van der Waals surface area contributed by atoms with Crippen LogP contribution in [0.1, 0.15) is 20.9 Å². The van der Waals surface area contributed by atoms with Crippen molar-refractivity contribution in [3.8, 4) is 0 Å². The predicted octanol–water partition coefficient (Wildman–Crippen LogP) is 3.63. The first-order valence-corrected chi connectivity index (χ1v) is 8.48. The quantitative estimate of drug-likeness (QED) is 0.508. The van der Waals surface area contributed by atoms with Gasteiger partial charge in [-0.05, 0) is 36.4 Å². The number of benzene rings is 2. The second-order valence-electron chi connectivity index (χ2n) is 6.06. The molecule has 2 amide bonds. The maximum atomic E-state index is 12.7. The van der Waals surface area contributed by atoms with E-state index in [1.807, 2.05) is 0 Å². The van der Waals surface area contributed by atoms with Crippen molar-refractivity contribution >= 4 is 34.1 Å². The van der Waals surface area contributed by atoms with Crippen molar-refractivity contribution < 1.29 is 14.0 Å². The van der Waals surface area contributed by atoms with Crippen LogP contribution in [0.5, 0.6) is 0 Å². The van der Waals surface area contributed by atoms with E-state index in [9.17, 15) is 14.4 Å². The molecule has 0 bridgehead atoms. The van der Waals surface area contributed by atoms with E-state index in [0.717, 1.165) is 0 Å². The highest BCUT2D eigenvalue weighted by Gasteiger charge is 2.13. The lowest BCUT2D eigenvalue weighted by Crippen LogP contribution is -2.17. The van der Waals surface area contributed by atoms with E-state index in [1.165, 1.54) is 12.3 Å². The molecule has 0 saturated heterocycles. The van der Waals surface area contributed by atoms with Gasteiger partial charge in [0.2, 0.25) is 5.56 Å². The molecule has 0 aliphatic rings. The van der Waals surface area contributed by atoms with Gasteiger partial charge in [0, 0.05) is 28.3 Å². The minimum atomic E-state index is -0.420. The van der Waals surface area contributed by atoms with Crippen molar-refractivity contribution in [3.63, 3.8) is 0 Å². The molecule has 28 heavy (non-hydrogen) atoms. The van der Waals surface area contributed by atoms with Crippen LogP contribution in [0.25, 0.3) is 10.9 Å². The largest absolute Gasteiger partial charge is 0.459 e. The van der Waals surface area contributed by atoms with E-state index in [2.05, 4.69) is 15.6 Å². The van der Waals surface area contributed by atoms with Crippen LogP contribution >= 0.6 is 0 Å². The molecule has 0 radical (unpaired) electrons. The van der Waals surface area contributed by atoms with E-state index >= 15 is 0 Å².